The molecule has 4 heterocycles. The van der Waals surface area contributed by atoms with Gasteiger partial charge in [0.1, 0.15) is 10.7 Å². The van der Waals surface area contributed by atoms with E-state index in [1.165, 1.54) is 17.0 Å². The molecule has 1 saturated heterocycles. The molecule has 0 radical (unpaired) electrons. The van der Waals surface area contributed by atoms with Crippen molar-refractivity contribution in [2.75, 3.05) is 6.54 Å². The molecule has 0 unspecified atom stereocenters. The second-order valence-corrected chi connectivity index (χ2v) is 7.62. The van der Waals surface area contributed by atoms with Crippen LogP contribution in [0, 0.1) is 0 Å². The summed E-state index contributed by atoms with van der Waals surface area (Å²) in [6.45, 7) is 1.98. The monoisotopic (exact) mass is 361 g/mol. The number of pyridine rings is 1. The first-order valence-electron chi connectivity index (χ1n) is 8.91. The molecule has 1 fully saturated rings. The highest BCUT2D eigenvalue weighted by Gasteiger charge is 2.30. The summed E-state index contributed by atoms with van der Waals surface area (Å²) >= 11 is 1.72. The Kier molecular flexibility index (Phi) is 3.99. The number of aromatic nitrogens is 4. The Labute approximate surface area is 155 Å². The molecule has 1 aromatic carbocycles. The molecule has 0 spiro atoms. The summed E-state index contributed by atoms with van der Waals surface area (Å²) in [5.41, 5.74) is 4.53. The van der Waals surface area contributed by atoms with E-state index in [0.29, 0.717) is 6.04 Å². The topological polar surface area (TPSA) is 46.3 Å². The van der Waals surface area contributed by atoms with Crippen LogP contribution in [0.25, 0.3) is 16.6 Å². The van der Waals surface area contributed by atoms with Crippen LogP contribution in [0.15, 0.2) is 60.2 Å². The predicted molar refractivity (Wildman–Crippen MR) is 103 cm³/mol. The van der Waals surface area contributed by atoms with Gasteiger partial charge in [-0.05, 0) is 31.0 Å². The molecule has 0 N–H and O–H groups in total. The number of likely N-dealkylation sites (tertiary alicyclic amines) is 1. The lowest BCUT2D eigenvalue weighted by Gasteiger charge is -2.21. The minimum atomic E-state index is 0.318. The van der Waals surface area contributed by atoms with Crippen molar-refractivity contribution in [3.63, 3.8) is 0 Å². The van der Waals surface area contributed by atoms with Gasteiger partial charge >= 0.3 is 0 Å². The van der Waals surface area contributed by atoms with E-state index in [2.05, 4.69) is 62.8 Å². The van der Waals surface area contributed by atoms with Gasteiger partial charge in [0.05, 0.1) is 18.1 Å². The molecule has 5 nitrogen and oxygen atoms in total. The SMILES string of the molecule is c1ccc(-c2ccc3c([C@H]4CCCN4Cc4nccs4)nnn3c2)cc1. The summed E-state index contributed by atoms with van der Waals surface area (Å²) in [5, 5.41) is 12.2. The van der Waals surface area contributed by atoms with Crippen LogP contribution in [0.3, 0.4) is 0 Å². The summed E-state index contributed by atoms with van der Waals surface area (Å²) < 4.78 is 1.91. The minimum Gasteiger partial charge on any atom is -0.288 e. The normalized spacial score (nSPS) is 17.9. The predicted octanol–water partition coefficient (Wildman–Crippen LogP) is 4.19. The molecule has 3 aromatic heterocycles. The smallest absolute Gasteiger partial charge is 0.108 e. The van der Waals surface area contributed by atoms with Gasteiger partial charge in [-0.1, -0.05) is 41.6 Å². The molecule has 1 atom stereocenters. The lowest BCUT2D eigenvalue weighted by molar-refractivity contribution is 0.245. The first-order chi connectivity index (χ1) is 12.9. The van der Waals surface area contributed by atoms with E-state index in [0.717, 1.165) is 36.3 Å². The van der Waals surface area contributed by atoms with E-state index in [9.17, 15) is 0 Å². The maximum absolute atomic E-state index is 4.55. The molecule has 0 amide bonds. The number of fused-ring (bicyclic) bond motifs is 1. The van der Waals surface area contributed by atoms with Gasteiger partial charge < -0.3 is 0 Å². The summed E-state index contributed by atoms with van der Waals surface area (Å²) in [6.07, 6.45) is 6.27. The fraction of sp³-hybridized carbons (Fsp3) is 0.250. The zero-order valence-electron chi connectivity index (χ0n) is 14.3. The first kappa shape index (κ1) is 15.7. The molecule has 26 heavy (non-hydrogen) atoms. The van der Waals surface area contributed by atoms with Gasteiger partial charge in [0.2, 0.25) is 0 Å². The van der Waals surface area contributed by atoms with Crippen LogP contribution in [0.4, 0.5) is 0 Å². The molecule has 1 aliphatic heterocycles. The van der Waals surface area contributed by atoms with Crippen LogP contribution >= 0.6 is 11.3 Å². The van der Waals surface area contributed by atoms with Gasteiger partial charge in [0, 0.05) is 23.3 Å². The maximum Gasteiger partial charge on any atom is 0.108 e. The third-order valence-electron chi connectivity index (χ3n) is 5.05. The first-order valence-corrected chi connectivity index (χ1v) is 9.79. The van der Waals surface area contributed by atoms with E-state index >= 15 is 0 Å². The molecule has 6 heteroatoms. The summed E-state index contributed by atoms with van der Waals surface area (Å²) in [6, 6.07) is 15.0. The van der Waals surface area contributed by atoms with E-state index in [1.54, 1.807) is 11.3 Å². The van der Waals surface area contributed by atoms with Crippen LogP contribution in [0.5, 0.6) is 0 Å². The Morgan fingerprint density at radius 1 is 1.08 bits per heavy atom. The Morgan fingerprint density at radius 2 is 2.00 bits per heavy atom. The standard InChI is InChI=1S/C20H19N5S/c1-2-5-15(6-3-1)16-8-9-18-20(22-23-25(18)13-16)17-7-4-11-24(17)14-19-21-10-12-26-19/h1-3,5-6,8-10,12-13,17H,4,7,11,14H2/t17-/m1/s1. The van der Waals surface area contributed by atoms with Crippen molar-refractivity contribution in [3.8, 4) is 11.1 Å². The summed E-state index contributed by atoms with van der Waals surface area (Å²) in [4.78, 5) is 6.92. The van der Waals surface area contributed by atoms with E-state index in [-0.39, 0.29) is 0 Å². The highest BCUT2D eigenvalue weighted by Crippen LogP contribution is 2.34. The van der Waals surface area contributed by atoms with Gasteiger partial charge in [0.25, 0.3) is 0 Å². The van der Waals surface area contributed by atoms with E-state index in [1.807, 2.05) is 22.2 Å². The average molecular weight is 361 g/mol. The third-order valence-corrected chi connectivity index (χ3v) is 5.81. The number of rotatable bonds is 4. The fourth-order valence-electron chi connectivity index (χ4n) is 3.78. The van der Waals surface area contributed by atoms with Crippen LogP contribution in [-0.2, 0) is 6.54 Å². The number of hydrogen-bond donors (Lipinski definition) is 0. The molecule has 1 aliphatic rings. The van der Waals surface area contributed by atoms with Gasteiger partial charge in [-0.25, -0.2) is 9.50 Å². The molecule has 5 rings (SSSR count). The molecule has 0 saturated carbocycles. The second-order valence-electron chi connectivity index (χ2n) is 6.64. The zero-order valence-corrected chi connectivity index (χ0v) is 15.1. The number of benzene rings is 1. The number of hydrogen-bond acceptors (Lipinski definition) is 5. The molecule has 0 bridgehead atoms. The quantitative estimate of drug-likeness (QED) is 0.547. The number of nitrogens with zero attached hydrogens (tertiary/aromatic N) is 5. The second kappa shape index (κ2) is 6.63. The Morgan fingerprint density at radius 3 is 2.85 bits per heavy atom. The zero-order chi connectivity index (χ0) is 17.3. The molecular formula is C20H19N5S. The minimum absolute atomic E-state index is 0.318. The molecule has 4 aromatic rings. The molecule has 0 aliphatic carbocycles. The molecule has 130 valence electrons. The molecular weight excluding hydrogens is 342 g/mol. The van der Waals surface area contributed by atoms with Crippen LogP contribution < -0.4 is 0 Å². The van der Waals surface area contributed by atoms with E-state index in [4.69, 9.17) is 0 Å². The maximum atomic E-state index is 4.55. The Hall–Kier alpha value is -2.57. The highest BCUT2D eigenvalue weighted by atomic mass is 32.1. The lowest BCUT2D eigenvalue weighted by atomic mass is 10.1. The fourth-order valence-corrected chi connectivity index (χ4v) is 4.42. The summed E-state index contributed by atoms with van der Waals surface area (Å²) in [5.74, 6) is 0. The van der Waals surface area contributed by atoms with Crippen LogP contribution in [0.1, 0.15) is 29.6 Å². The van der Waals surface area contributed by atoms with Crippen molar-refractivity contribution in [2.45, 2.75) is 25.4 Å². The van der Waals surface area contributed by atoms with Crippen molar-refractivity contribution < 1.29 is 0 Å². The van der Waals surface area contributed by atoms with Gasteiger partial charge in [-0.2, -0.15) is 0 Å². The van der Waals surface area contributed by atoms with Crippen molar-refractivity contribution >= 4 is 16.9 Å². The van der Waals surface area contributed by atoms with Crippen molar-refractivity contribution in [1.29, 1.82) is 0 Å². The Bertz CT molecular complexity index is 1010. The average Bonchev–Trinajstić information content (AvgIpc) is 3.43. The van der Waals surface area contributed by atoms with Gasteiger partial charge in [-0.15, -0.1) is 16.4 Å². The van der Waals surface area contributed by atoms with Crippen LogP contribution in [0.2, 0.25) is 0 Å². The summed E-state index contributed by atoms with van der Waals surface area (Å²) in [7, 11) is 0. The van der Waals surface area contributed by atoms with Crippen LogP contribution in [-0.4, -0.2) is 31.3 Å². The lowest BCUT2D eigenvalue weighted by Crippen LogP contribution is -2.23. The third kappa shape index (κ3) is 2.81. The van der Waals surface area contributed by atoms with Gasteiger partial charge in [0.15, 0.2) is 0 Å². The van der Waals surface area contributed by atoms with E-state index < -0.39 is 0 Å². The Balaban J connectivity index is 1.47. The highest BCUT2D eigenvalue weighted by molar-refractivity contribution is 7.09. The van der Waals surface area contributed by atoms with Crippen molar-refractivity contribution in [3.05, 3.63) is 70.9 Å². The van der Waals surface area contributed by atoms with Crippen molar-refractivity contribution in [1.82, 2.24) is 24.7 Å². The van der Waals surface area contributed by atoms with Gasteiger partial charge in [-0.3, -0.25) is 4.90 Å². The van der Waals surface area contributed by atoms with Crippen molar-refractivity contribution in [2.24, 2.45) is 0 Å². The largest absolute Gasteiger partial charge is 0.288 e. The number of thiazole rings is 1.